The average molecular weight is 398 g/mol. The van der Waals surface area contributed by atoms with E-state index in [2.05, 4.69) is 6.92 Å². The van der Waals surface area contributed by atoms with Crippen molar-refractivity contribution in [2.45, 2.75) is 46.5 Å². The summed E-state index contributed by atoms with van der Waals surface area (Å²) in [6.07, 6.45) is 4.18. The molecule has 0 unspecified atom stereocenters. The van der Waals surface area contributed by atoms with E-state index in [-0.39, 0.29) is 17.5 Å². The number of aromatic hydroxyl groups is 1. The Balaban J connectivity index is 2.26. The third-order valence-corrected chi connectivity index (χ3v) is 4.94. The fourth-order valence-electron chi connectivity index (χ4n) is 3.22. The fourth-order valence-corrected chi connectivity index (χ4v) is 3.22. The summed E-state index contributed by atoms with van der Waals surface area (Å²) in [5.74, 6) is -0.396. The Hall–Kier alpha value is -2.82. The molecule has 0 spiro atoms. The number of unbranched alkanes of at least 4 members (excludes halogenated alkanes) is 3. The lowest BCUT2D eigenvalue weighted by atomic mass is 10.00. The molecule has 0 aromatic heterocycles. The van der Waals surface area contributed by atoms with Crippen LogP contribution in [0.2, 0.25) is 0 Å². The molecule has 0 heterocycles. The van der Waals surface area contributed by atoms with Crippen molar-refractivity contribution in [3.63, 3.8) is 0 Å². The zero-order valence-electron chi connectivity index (χ0n) is 17.6. The highest BCUT2D eigenvalue weighted by molar-refractivity contribution is 6.10. The Morgan fingerprint density at radius 3 is 2.17 bits per heavy atom. The number of benzene rings is 2. The molecular weight excluding hydrogens is 366 g/mol. The monoisotopic (exact) mass is 397 g/mol. The van der Waals surface area contributed by atoms with Crippen LogP contribution in [0.25, 0.3) is 0 Å². The van der Waals surface area contributed by atoms with Crippen molar-refractivity contribution in [1.82, 2.24) is 0 Å². The van der Waals surface area contributed by atoms with E-state index in [0.717, 1.165) is 25.7 Å². The van der Waals surface area contributed by atoms with Gasteiger partial charge in [-0.05, 0) is 56.7 Å². The molecule has 0 saturated carbocycles. The van der Waals surface area contributed by atoms with Gasteiger partial charge < -0.3 is 14.7 Å². The van der Waals surface area contributed by atoms with Crippen LogP contribution in [0, 0.1) is 0 Å². The van der Waals surface area contributed by atoms with E-state index >= 15 is 0 Å². The summed E-state index contributed by atoms with van der Waals surface area (Å²) in [6.45, 7) is 8.00. The van der Waals surface area contributed by atoms with Gasteiger partial charge in [0.2, 0.25) is 0 Å². The molecule has 0 atom stereocenters. The minimum Gasteiger partial charge on any atom is -0.508 e. The minimum absolute atomic E-state index is 0.113. The molecule has 2 aromatic rings. The van der Waals surface area contributed by atoms with Crippen LogP contribution < -0.4 is 4.90 Å². The van der Waals surface area contributed by atoms with Gasteiger partial charge in [-0.25, -0.2) is 4.79 Å². The van der Waals surface area contributed by atoms with Crippen molar-refractivity contribution in [3.05, 3.63) is 59.2 Å². The lowest BCUT2D eigenvalue weighted by Gasteiger charge is -2.24. The summed E-state index contributed by atoms with van der Waals surface area (Å²) >= 11 is 0. The van der Waals surface area contributed by atoms with Crippen molar-refractivity contribution in [2.24, 2.45) is 0 Å². The first-order chi connectivity index (χ1) is 14.0. The number of phenolic OH excluding ortho intramolecular Hbond substituents is 1. The van der Waals surface area contributed by atoms with Crippen molar-refractivity contribution >= 4 is 17.4 Å². The largest absolute Gasteiger partial charge is 0.508 e. The molecule has 0 amide bonds. The Bertz CT molecular complexity index is 810. The molecule has 5 heteroatoms. The second-order valence-corrected chi connectivity index (χ2v) is 6.98. The maximum absolute atomic E-state index is 12.8. The molecule has 0 saturated heterocycles. The van der Waals surface area contributed by atoms with E-state index in [1.807, 2.05) is 18.7 Å². The number of phenols is 1. The molecule has 0 bridgehead atoms. The number of ether oxygens (including phenoxy) is 1. The number of anilines is 1. The van der Waals surface area contributed by atoms with Crippen LogP contribution in [0.15, 0.2) is 42.5 Å². The number of esters is 1. The van der Waals surface area contributed by atoms with Gasteiger partial charge in [-0.3, -0.25) is 4.79 Å². The van der Waals surface area contributed by atoms with Gasteiger partial charge >= 0.3 is 5.97 Å². The number of carbonyl (C=O) groups is 2. The van der Waals surface area contributed by atoms with E-state index in [1.165, 1.54) is 12.1 Å². The van der Waals surface area contributed by atoms with Gasteiger partial charge in [0, 0.05) is 24.2 Å². The number of ketones is 1. The molecule has 0 fully saturated rings. The number of nitrogens with zero attached hydrogens (tertiary/aromatic N) is 1. The van der Waals surface area contributed by atoms with Gasteiger partial charge in [-0.15, -0.1) is 0 Å². The SMILES string of the molecule is CCCCCCOC(=O)c1ccc(C(=O)c2ccc(O)cc2)cc1N(CC)CC. The van der Waals surface area contributed by atoms with Crippen molar-refractivity contribution in [3.8, 4) is 5.75 Å². The summed E-state index contributed by atoms with van der Waals surface area (Å²) in [4.78, 5) is 27.6. The van der Waals surface area contributed by atoms with Crippen LogP contribution in [0.3, 0.4) is 0 Å². The lowest BCUT2D eigenvalue weighted by molar-refractivity contribution is 0.0498. The maximum atomic E-state index is 12.8. The first kappa shape index (κ1) is 22.5. The molecule has 1 N–H and O–H groups in total. The normalized spacial score (nSPS) is 10.6. The van der Waals surface area contributed by atoms with E-state index in [1.54, 1.807) is 30.3 Å². The van der Waals surface area contributed by atoms with Crippen LogP contribution in [0.5, 0.6) is 5.75 Å². The number of hydrogen-bond donors (Lipinski definition) is 1. The van der Waals surface area contributed by atoms with Crippen LogP contribution in [-0.4, -0.2) is 36.6 Å². The molecule has 2 rings (SSSR count). The maximum Gasteiger partial charge on any atom is 0.340 e. The van der Waals surface area contributed by atoms with Gasteiger partial charge in [0.15, 0.2) is 5.78 Å². The Kier molecular flexibility index (Phi) is 8.71. The molecule has 0 aliphatic rings. The third-order valence-electron chi connectivity index (χ3n) is 4.94. The highest BCUT2D eigenvalue weighted by Gasteiger charge is 2.19. The Morgan fingerprint density at radius 1 is 0.897 bits per heavy atom. The summed E-state index contributed by atoms with van der Waals surface area (Å²) in [5, 5.41) is 9.44. The Morgan fingerprint density at radius 2 is 1.55 bits per heavy atom. The standard InChI is InChI=1S/C24H31NO4/c1-4-7-8-9-16-29-24(28)21-15-12-19(17-22(21)25(5-2)6-3)23(27)18-10-13-20(26)14-11-18/h10-15,17,26H,4-9,16H2,1-3H3. The summed E-state index contributed by atoms with van der Waals surface area (Å²) < 4.78 is 5.47. The van der Waals surface area contributed by atoms with Crippen LogP contribution in [0.4, 0.5) is 5.69 Å². The van der Waals surface area contributed by atoms with Crippen molar-refractivity contribution in [2.75, 3.05) is 24.6 Å². The zero-order valence-corrected chi connectivity index (χ0v) is 17.6. The second kappa shape index (κ2) is 11.2. The van der Waals surface area contributed by atoms with Gasteiger partial charge in [-0.1, -0.05) is 32.3 Å². The molecule has 5 nitrogen and oxygen atoms in total. The lowest BCUT2D eigenvalue weighted by Crippen LogP contribution is -2.25. The van der Waals surface area contributed by atoms with Gasteiger partial charge in [-0.2, -0.15) is 0 Å². The van der Waals surface area contributed by atoms with E-state index in [9.17, 15) is 14.7 Å². The first-order valence-electron chi connectivity index (χ1n) is 10.4. The highest BCUT2D eigenvalue weighted by atomic mass is 16.5. The molecule has 156 valence electrons. The van der Waals surface area contributed by atoms with Gasteiger partial charge in [0.1, 0.15) is 5.75 Å². The molecular formula is C24H31NO4. The second-order valence-electron chi connectivity index (χ2n) is 6.98. The van der Waals surface area contributed by atoms with Crippen LogP contribution >= 0.6 is 0 Å². The summed E-state index contributed by atoms with van der Waals surface area (Å²) in [6, 6.07) is 11.3. The number of rotatable bonds is 11. The predicted molar refractivity (Wildman–Crippen MR) is 116 cm³/mol. The van der Waals surface area contributed by atoms with Gasteiger partial charge in [0.25, 0.3) is 0 Å². The first-order valence-corrected chi connectivity index (χ1v) is 10.4. The molecule has 0 aliphatic heterocycles. The smallest absolute Gasteiger partial charge is 0.340 e. The van der Waals surface area contributed by atoms with E-state index in [0.29, 0.717) is 42.1 Å². The fraction of sp³-hybridized carbons (Fsp3) is 0.417. The predicted octanol–water partition coefficient (Wildman–Crippen LogP) is 5.21. The molecule has 2 aromatic carbocycles. The number of carbonyl (C=O) groups excluding carboxylic acids is 2. The molecule has 29 heavy (non-hydrogen) atoms. The zero-order chi connectivity index (χ0) is 21.2. The van der Waals surface area contributed by atoms with E-state index < -0.39 is 0 Å². The topological polar surface area (TPSA) is 66.8 Å². The third kappa shape index (κ3) is 6.08. The molecule has 0 aliphatic carbocycles. The summed E-state index contributed by atoms with van der Waals surface area (Å²) in [7, 11) is 0. The van der Waals surface area contributed by atoms with E-state index in [4.69, 9.17) is 4.74 Å². The Labute approximate surface area is 173 Å². The van der Waals surface area contributed by atoms with Crippen LogP contribution in [0.1, 0.15) is 72.7 Å². The van der Waals surface area contributed by atoms with Crippen molar-refractivity contribution < 1.29 is 19.4 Å². The minimum atomic E-state index is -0.355. The van der Waals surface area contributed by atoms with Crippen LogP contribution in [-0.2, 0) is 4.74 Å². The molecule has 0 radical (unpaired) electrons. The quantitative estimate of drug-likeness (QED) is 0.320. The average Bonchev–Trinajstić information content (AvgIpc) is 2.74. The van der Waals surface area contributed by atoms with Gasteiger partial charge in [0.05, 0.1) is 17.9 Å². The number of hydrogen-bond acceptors (Lipinski definition) is 5. The van der Waals surface area contributed by atoms with Crippen molar-refractivity contribution in [1.29, 1.82) is 0 Å². The highest BCUT2D eigenvalue weighted by Crippen LogP contribution is 2.25. The summed E-state index contributed by atoms with van der Waals surface area (Å²) in [5.41, 5.74) is 2.17.